The summed E-state index contributed by atoms with van der Waals surface area (Å²) in [6.45, 7) is 4.02. The van der Waals surface area contributed by atoms with Gasteiger partial charge in [0.25, 0.3) is 0 Å². The molecule has 278 valence electrons. The molecule has 2 atom stereocenters. The second-order valence-corrected chi connectivity index (χ2v) is 14.3. The molecule has 12 heteroatoms. The molecule has 2 aromatic heterocycles. The number of aromatic hydroxyl groups is 1. The number of piperidine rings is 3. The summed E-state index contributed by atoms with van der Waals surface area (Å²) < 4.78 is 13.2. The van der Waals surface area contributed by atoms with E-state index in [1.54, 1.807) is 16.7 Å². The molecule has 3 fully saturated rings. The topological polar surface area (TPSA) is 162 Å². The van der Waals surface area contributed by atoms with E-state index in [1.807, 2.05) is 60.7 Å². The number of aryl methyl sites for hydroxylation is 2. The number of oxazole rings is 1. The third kappa shape index (κ3) is 7.54. The molecule has 12 nitrogen and oxygen atoms in total. The third-order valence-corrected chi connectivity index (χ3v) is 10.8. The van der Waals surface area contributed by atoms with Gasteiger partial charge >= 0.3 is 11.8 Å². The molecule has 0 spiro atoms. The number of phenols is 1. The highest BCUT2D eigenvalue weighted by Gasteiger charge is 2.36. The van der Waals surface area contributed by atoms with Crippen molar-refractivity contribution in [3.63, 3.8) is 0 Å². The lowest BCUT2D eigenvalue weighted by Gasteiger charge is -2.43. The van der Waals surface area contributed by atoms with Gasteiger partial charge in [0, 0.05) is 43.2 Å². The Morgan fingerprint density at radius 3 is 2.57 bits per heavy atom. The standard InChI is InChI=1S/C42H43N5O7/c48-35-14-11-31(32-12-15-39(50)45-40(32)35)36(49)24-43-23-27-9-13-34-37(22-27)54-42(52)47(34)18-4-5-26-8-10-30(28-6-2-1-3-7-28)33(21-26)44-41(51)53-38-25-46-19-16-29(38)17-20-46/h1-3,6-15,21-22,29,36,38,43,48-49H,4-5,16-20,23-25H2,(H,44,51)(H,45,50)/t36-,38-/m0/s1. The average Bonchev–Trinajstić information content (AvgIpc) is 3.49. The minimum Gasteiger partial charge on any atom is -0.506 e. The molecule has 3 aliphatic heterocycles. The smallest absolute Gasteiger partial charge is 0.419 e. The Morgan fingerprint density at radius 1 is 0.963 bits per heavy atom. The molecule has 1 amide bonds. The Hall–Kier alpha value is -5.69. The number of phenolic OH excluding ortho intramolecular Hbond substituents is 1. The first-order valence-electron chi connectivity index (χ1n) is 18.5. The Bertz CT molecular complexity index is 2410. The van der Waals surface area contributed by atoms with Crippen LogP contribution in [0.2, 0.25) is 0 Å². The zero-order chi connectivity index (χ0) is 37.2. The third-order valence-electron chi connectivity index (χ3n) is 10.8. The van der Waals surface area contributed by atoms with Crippen LogP contribution in [-0.4, -0.2) is 63.0 Å². The van der Waals surface area contributed by atoms with Crippen molar-refractivity contribution in [3.05, 3.63) is 129 Å². The van der Waals surface area contributed by atoms with Crippen LogP contribution in [-0.2, 0) is 24.2 Å². The first kappa shape index (κ1) is 35.3. The van der Waals surface area contributed by atoms with Crippen LogP contribution in [0, 0.1) is 5.92 Å². The summed E-state index contributed by atoms with van der Waals surface area (Å²) in [5.74, 6) is -0.0781. The van der Waals surface area contributed by atoms with E-state index in [9.17, 15) is 24.6 Å². The number of pyridine rings is 1. The maximum atomic E-state index is 13.2. The lowest BCUT2D eigenvalue weighted by molar-refractivity contribution is -0.0289. The number of benzene rings is 4. The van der Waals surface area contributed by atoms with E-state index in [2.05, 4.69) is 26.6 Å². The molecule has 54 heavy (non-hydrogen) atoms. The molecule has 0 aliphatic carbocycles. The van der Waals surface area contributed by atoms with Crippen molar-refractivity contribution in [2.75, 3.05) is 31.5 Å². The van der Waals surface area contributed by atoms with E-state index in [0.29, 0.717) is 59.6 Å². The summed E-state index contributed by atoms with van der Waals surface area (Å²) in [6.07, 6.45) is 2.05. The van der Waals surface area contributed by atoms with Gasteiger partial charge in [0.2, 0.25) is 5.56 Å². The van der Waals surface area contributed by atoms with Crippen molar-refractivity contribution in [2.45, 2.75) is 51.0 Å². The van der Waals surface area contributed by atoms with E-state index in [1.165, 1.54) is 12.1 Å². The summed E-state index contributed by atoms with van der Waals surface area (Å²) in [5.41, 5.74) is 6.20. The number of aliphatic hydroxyl groups excluding tert-OH is 1. The molecule has 3 saturated heterocycles. The van der Waals surface area contributed by atoms with Crippen molar-refractivity contribution >= 4 is 33.8 Å². The number of ether oxygens (including phenoxy) is 1. The van der Waals surface area contributed by atoms with Gasteiger partial charge in [-0.1, -0.05) is 54.6 Å². The number of nitrogens with one attached hydrogen (secondary N) is 3. The van der Waals surface area contributed by atoms with Crippen molar-refractivity contribution in [3.8, 4) is 16.9 Å². The van der Waals surface area contributed by atoms with Crippen LogP contribution in [0.4, 0.5) is 10.5 Å². The molecule has 3 aliphatic rings. The molecule has 0 unspecified atom stereocenters. The molecular weight excluding hydrogens is 686 g/mol. The number of aromatic amines is 1. The summed E-state index contributed by atoms with van der Waals surface area (Å²) in [6, 6.07) is 27.7. The van der Waals surface area contributed by atoms with E-state index in [0.717, 1.165) is 54.7 Å². The van der Waals surface area contributed by atoms with Crippen LogP contribution < -0.4 is 21.9 Å². The van der Waals surface area contributed by atoms with Gasteiger partial charge in [-0.15, -0.1) is 0 Å². The normalized spacial score (nSPS) is 18.6. The van der Waals surface area contributed by atoms with Crippen LogP contribution in [0.3, 0.4) is 0 Å². The molecule has 6 aromatic rings. The second kappa shape index (κ2) is 15.3. The number of carbonyl (C=O) groups excluding carboxylic acids is 1. The first-order chi connectivity index (χ1) is 26.3. The van der Waals surface area contributed by atoms with E-state index < -0.39 is 18.0 Å². The zero-order valence-corrected chi connectivity index (χ0v) is 29.8. The Balaban J connectivity index is 0.901. The van der Waals surface area contributed by atoms with Crippen molar-refractivity contribution < 1.29 is 24.2 Å². The molecule has 5 N–H and O–H groups in total. The number of nitrogens with zero attached hydrogens (tertiary/aromatic N) is 2. The van der Waals surface area contributed by atoms with Crippen molar-refractivity contribution in [1.29, 1.82) is 0 Å². The highest BCUT2D eigenvalue weighted by atomic mass is 16.6. The van der Waals surface area contributed by atoms with Crippen LogP contribution in [0.25, 0.3) is 33.1 Å². The molecule has 2 bridgehead atoms. The number of amides is 1. The maximum absolute atomic E-state index is 13.2. The fourth-order valence-corrected chi connectivity index (χ4v) is 7.93. The largest absolute Gasteiger partial charge is 0.506 e. The van der Waals surface area contributed by atoms with Crippen LogP contribution in [0.1, 0.15) is 42.1 Å². The number of aliphatic hydroxyl groups is 1. The second-order valence-electron chi connectivity index (χ2n) is 14.3. The van der Waals surface area contributed by atoms with Gasteiger partial charge in [0.15, 0.2) is 5.58 Å². The number of hydrogen-bond acceptors (Lipinski definition) is 9. The summed E-state index contributed by atoms with van der Waals surface area (Å²) >= 11 is 0. The van der Waals surface area contributed by atoms with Gasteiger partial charge in [-0.3, -0.25) is 19.6 Å². The van der Waals surface area contributed by atoms with Gasteiger partial charge in [0.1, 0.15) is 11.9 Å². The van der Waals surface area contributed by atoms with E-state index in [-0.39, 0.29) is 29.5 Å². The monoisotopic (exact) mass is 729 g/mol. The summed E-state index contributed by atoms with van der Waals surface area (Å²) in [5, 5.41) is 27.9. The van der Waals surface area contributed by atoms with Crippen LogP contribution >= 0.6 is 0 Å². The number of anilines is 1. The van der Waals surface area contributed by atoms with Gasteiger partial charge in [-0.25, -0.2) is 9.59 Å². The predicted molar refractivity (Wildman–Crippen MR) is 207 cm³/mol. The lowest BCUT2D eigenvalue weighted by Crippen LogP contribution is -2.52. The van der Waals surface area contributed by atoms with Crippen molar-refractivity contribution in [2.24, 2.45) is 5.92 Å². The highest BCUT2D eigenvalue weighted by molar-refractivity contribution is 5.92. The Labute approximate surface area is 311 Å². The highest BCUT2D eigenvalue weighted by Crippen LogP contribution is 2.33. The van der Waals surface area contributed by atoms with Gasteiger partial charge in [-0.2, -0.15) is 0 Å². The maximum Gasteiger partial charge on any atom is 0.419 e. The predicted octanol–water partition coefficient (Wildman–Crippen LogP) is 5.91. The number of fused-ring (bicyclic) bond motifs is 5. The zero-order valence-electron chi connectivity index (χ0n) is 29.8. The van der Waals surface area contributed by atoms with Gasteiger partial charge in [0.05, 0.1) is 22.8 Å². The van der Waals surface area contributed by atoms with E-state index in [4.69, 9.17) is 9.15 Å². The number of aromatic nitrogens is 2. The first-order valence-corrected chi connectivity index (χ1v) is 18.5. The minimum absolute atomic E-state index is 0.0641. The molecular formula is C42H43N5O7. The van der Waals surface area contributed by atoms with Gasteiger partial charge < -0.3 is 29.7 Å². The molecule has 0 saturated carbocycles. The number of rotatable bonds is 12. The van der Waals surface area contributed by atoms with Crippen LogP contribution in [0.5, 0.6) is 5.75 Å². The Kier molecular flexibility index (Phi) is 10.0. The number of H-pyrrole nitrogens is 1. The molecule has 9 rings (SSSR count). The minimum atomic E-state index is -0.896. The quantitative estimate of drug-likeness (QED) is 0.103. The fraction of sp³-hybridized carbons (Fsp3) is 0.310. The van der Waals surface area contributed by atoms with E-state index >= 15 is 0 Å². The molecule has 4 aromatic carbocycles. The van der Waals surface area contributed by atoms with Crippen molar-refractivity contribution in [1.82, 2.24) is 19.8 Å². The number of carbonyl (C=O) groups is 1. The number of hydrogen-bond donors (Lipinski definition) is 5. The SMILES string of the molecule is O=C(Nc1cc(CCCn2c(=O)oc3cc(CNC[C@H](O)c4ccc(O)c5[nH]c(=O)ccc45)ccc32)ccc1-c1ccccc1)O[C@H]1CN2CCC1CC2. The van der Waals surface area contributed by atoms with Crippen LogP contribution in [0.15, 0.2) is 105 Å². The summed E-state index contributed by atoms with van der Waals surface area (Å²) in [7, 11) is 0. The average molecular weight is 730 g/mol. The molecule has 0 radical (unpaired) electrons. The Morgan fingerprint density at radius 2 is 1.78 bits per heavy atom. The summed E-state index contributed by atoms with van der Waals surface area (Å²) in [4.78, 5) is 42.8. The fourth-order valence-electron chi connectivity index (χ4n) is 7.93. The lowest BCUT2D eigenvalue weighted by atomic mass is 9.86. The molecule has 5 heterocycles. The van der Waals surface area contributed by atoms with Gasteiger partial charge in [-0.05, 0) is 97.3 Å².